The molecule has 1 atom stereocenters. The first kappa shape index (κ1) is 15.2. The highest BCUT2D eigenvalue weighted by Gasteiger charge is 2.20. The molecule has 0 spiro atoms. The summed E-state index contributed by atoms with van der Waals surface area (Å²) < 4.78 is 30.7. The lowest BCUT2D eigenvalue weighted by Gasteiger charge is -2.14. The van der Waals surface area contributed by atoms with Crippen LogP contribution in [-0.4, -0.2) is 6.61 Å². The third-order valence-corrected chi connectivity index (χ3v) is 6.15. The summed E-state index contributed by atoms with van der Waals surface area (Å²) in [5.41, 5.74) is 0.633. The van der Waals surface area contributed by atoms with Gasteiger partial charge in [0.1, 0.15) is 10.1 Å². The van der Waals surface area contributed by atoms with Gasteiger partial charge in [0.15, 0.2) is 0 Å². The van der Waals surface area contributed by atoms with Gasteiger partial charge in [-0.25, -0.2) is 0 Å². The second-order valence-electron chi connectivity index (χ2n) is 3.55. The van der Waals surface area contributed by atoms with E-state index in [1.807, 2.05) is 6.07 Å². The molecule has 0 amide bonds. The molecule has 0 saturated heterocycles. The monoisotopic (exact) mass is 430 g/mol. The van der Waals surface area contributed by atoms with Crippen molar-refractivity contribution in [3.05, 3.63) is 49.6 Å². The lowest BCUT2D eigenvalue weighted by Crippen LogP contribution is -2.05. The standard InChI is InChI=1S/C12H7Br2ClF2OS/c13-7-5-9(19-11(7)15)10(14)6-3-1-2-4-8(6)18-12(16)17/h1-5,10,12H. The van der Waals surface area contributed by atoms with Gasteiger partial charge in [0.05, 0.1) is 4.83 Å². The molecule has 0 saturated carbocycles. The van der Waals surface area contributed by atoms with E-state index >= 15 is 0 Å². The van der Waals surface area contributed by atoms with Crippen LogP contribution in [0.4, 0.5) is 8.78 Å². The first-order valence-electron chi connectivity index (χ1n) is 5.11. The van der Waals surface area contributed by atoms with Crippen molar-refractivity contribution in [2.24, 2.45) is 0 Å². The fourth-order valence-electron chi connectivity index (χ4n) is 1.53. The van der Waals surface area contributed by atoms with E-state index in [9.17, 15) is 8.78 Å². The van der Waals surface area contributed by atoms with Crippen LogP contribution in [0.3, 0.4) is 0 Å². The maximum absolute atomic E-state index is 12.4. The Morgan fingerprint density at radius 2 is 1.95 bits per heavy atom. The second kappa shape index (κ2) is 6.52. The van der Waals surface area contributed by atoms with Gasteiger partial charge in [0.25, 0.3) is 0 Å². The largest absolute Gasteiger partial charge is 0.434 e. The smallest absolute Gasteiger partial charge is 0.387 e. The van der Waals surface area contributed by atoms with Gasteiger partial charge in [-0.2, -0.15) is 8.78 Å². The van der Waals surface area contributed by atoms with Crippen LogP contribution in [0.1, 0.15) is 15.3 Å². The quantitative estimate of drug-likeness (QED) is 0.519. The van der Waals surface area contributed by atoms with Crippen LogP contribution in [0.2, 0.25) is 4.34 Å². The zero-order valence-corrected chi connectivity index (χ0v) is 14.0. The number of rotatable bonds is 4. The molecule has 1 aromatic heterocycles. The molecule has 0 radical (unpaired) electrons. The fourth-order valence-corrected chi connectivity index (χ4v) is 4.06. The van der Waals surface area contributed by atoms with Crippen LogP contribution < -0.4 is 4.74 Å². The van der Waals surface area contributed by atoms with Crippen molar-refractivity contribution in [3.63, 3.8) is 0 Å². The SMILES string of the molecule is FC(F)Oc1ccccc1C(Br)c1cc(Br)c(Cl)s1. The average molecular weight is 433 g/mol. The normalized spacial score (nSPS) is 12.7. The van der Waals surface area contributed by atoms with E-state index in [1.54, 1.807) is 18.2 Å². The second-order valence-corrected chi connectivity index (χ2v) is 7.01. The Kier molecular flexibility index (Phi) is 5.22. The molecule has 19 heavy (non-hydrogen) atoms. The summed E-state index contributed by atoms with van der Waals surface area (Å²) in [5, 5.41) is 0. The Bertz CT molecular complexity index is 557. The molecule has 7 heteroatoms. The number of hydrogen-bond donors (Lipinski definition) is 0. The summed E-state index contributed by atoms with van der Waals surface area (Å²) in [5.74, 6) is 0.153. The maximum Gasteiger partial charge on any atom is 0.387 e. The molecule has 0 bridgehead atoms. The molecule has 2 rings (SSSR count). The predicted octanol–water partition coefficient (Wildman–Crippen LogP) is 6.25. The van der Waals surface area contributed by atoms with Gasteiger partial charge in [-0.3, -0.25) is 0 Å². The molecule has 0 aliphatic carbocycles. The number of hydrogen-bond acceptors (Lipinski definition) is 2. The number of alkyl halides is 3. The van der Waals surface area contributed by atoms with Crippen molar-refractivity contribution in [2.45, 2.75) is 11.4 Å². The summed E-state index contributed by atoms with van der Waals surface area (Å²) in [6.45, 7) is -2.85. The van der Waals surface area contributed by atoms with Crippen molar-refractivity contribution in [1.82, 2.24) is 0 Å². The van der Waals surface area contributed by atoms with E-state index in [0.29, 0.717) is 9.90 Å². The van der Waals surface area contributed by atoms with Crippen LogP contribution in [0.15, 0.2) is 34.8 Å². The zero-order valence-electron chi connectivity index (χ0n) is 9.25. The molecular formula is C12H7Br2ClF2OS. The molecule has 0 N–H and O–H groups in total. The van der Waals surface area contributed by atoms with E-state index in [2.05, 4.69) is 36.6 Å². The minimum atomic E-state index is -2.85. The first-order valence-corrected chi connectivity index (χ1v) is 8.02. The van der Waals surface area contributed by atoms with Gasteiger partial charge in [-0.15, -0.1) is 11.3 Å². The average Bonchev–Trinajstić information content (AvgIpc) is 2.69. The number of halogens is 5. The van der Waals surface area contributed by atoms with Crippen molar-refractivity contribution in [3.8, 4) is 5.75 Å². The molecule has 1 heterocycles. The summed E-state index contributed by atoms with van der Waals surface area (Å²) in [7, 11) is 0. The van der Waals surface area contributed by atoms with Gasteiger partial charge < -0.3 is 4.74 Å². The highest BCUT2D eigenvalue weighted by molar-refractivity contribution is 9.10. The molecular weight excluding hydrogens is 425 g/mol. The molecule has 1 aromatic carbocycles. The van der Waals surface area contributed by atoms with Crippen molar-refractivity contribution in [1.29, 1.82) is 0 Å². The van der Waals surface area contributed by atoms with Crippen molar-refractivity contribution < 1.29 is 13.5 Å². The Morgan fingerprint density at radius 3 is 2.53 bits per heavy atom. The Hall–Kier alpha value is -0.170. The summed E-state index contributed by atoms with van der Waals surface area (Å²) in [4.78, 5) is 0.651. The van der Waals surface area contributed by atoms with E-state index in [0.717, 1.165) is 9.35 Å². The van der Waals surface area contributed by atoms with Gasteiger partial charge in [0, 0.05) is 14.9 Å². The van der Waals surface area contributed by atoms with Gasteiger partial charge in [0.2, 0.25) is 0 Å². The number of benzene rings is 1. The molecule has 2 aromatic rings. The molecule has 1 nitrogen and oxygen atoms in total. The highest BCUT2D eigenvalue weighted by Crippen LogP contribution is 2.43. The number of para-hydroxylation sites is 1. The molecule has 102 valence electrons. The van der Waals surface area contributed by atoms with Gasteiger partial charge >= 0.3 is 6.61 Å². The van der Waals surface area contributed by atoms with Crippen LogP contribution in [0.25, 0.3) is 0 Å². The summed E-state index contributed by atoms with van der Waals surface area (Å²) in [6, 6.07) is 8.52. The first-order chi connectivity index (χ1) is 8.99. The summed E-state index contributed by atoms with van der Waals surface area (Å²) >= 11 is 14.2. The third-order valence-electron chi connectivity index (χ3n) is 2.32. The van der Waals surface area contributed by atoms with Crippen LogP contribution in [0.5, 0.6) is 5.75 Å². The molecule has 0 fully saturated rings. The topological polar surface area (TPSA) is 9.23 Å². The minimum Gasteiger partial charge on any atom is -0.434 e. The van der Waals surface area contributed by atoms with E-state index < -0.39 is 6.61 Å². The third kappa shape index (κ3) is 3.68. The van der Waals surface area contributed by atoms with Crippen LogP contribution in [0, 0.1) is 0 Å². The van der Waals surface area contributed by atoms with Crippen LogP contribution in [-0.2, 0) is 0 Å². The lowest BCUT2D eigenvalue weighted by molar-refractivity contribution is -0.0503. The fraction of sp³-hybridized carbons (Fsp3) is 0.167. The molecule has 0 aliphatic heterocycles. The van der Waals surface area contributed by atoms with Crippen molar-refractivity contribution in [2.75, 3.05) is 0 Å². The Balaban J connectivity index is 2.35. The van der Waals surface area contributed by atoms with Gasteiger partial charge in [-0.05, 0) is 28.1 Å². The van der Waals surface area contributed by atoms with E-state index in [4.69, 9.17) is 11.6 Å². The van der Waals surface area contributed by atoms with Gasteiger partial charge in [-0.1, -0.05) is 45.7 Å². The highest BCUT2D eigenvalue weighted by atomic mass is 79.9. The minimum absolute atomic E-state index is 0.153. The predicted molar refractivity (Wildman–Crippen MR) is 80.9 cm³/mol. The number of ether oxygens (including phenoxy) is 1. The Labute approximate surface area is 134 Å². The van der Waals surface area contributed by atoms with Crippen LogP contribution >= 0.6 is 54.8 Å². The number of thiophene rings is 1. The zero-order chi connectivity index (χ0) is 14.0. The van der Waals surface area contributed by atoms with Crippen molar-refractivity contribution >= 4 is 54.8 Å². The lowest BCUT2D eigenvalue weighted by atomic mass is 10.1. The summed E-state index contributed by atoms with van der Waals surface area (Å²) in [6.07, 6.45) is 0. The van der Waals surface area contributed by atoms with E-state index in [-0.39, 0.29) is 10.6 Å². The Morgan fingerprint density at radius 1 is 1.26 bits per heavy atom. The molecule has 1 unspecified atom stereocenters. The molecule has 0 aliphatic rings. The maximum atomic E-state index is 12.4. The van der Waals surface area contributed by atoms with E-state index in [1.165, 1.54) is 17.4 Å².